The van der Waals surface area contributed by atoms with Gasteiger partial charge in [-0.25, -0.2) is 0 Å². The van der Waals surface area contributed by atoms with Gasteiger partial charge in [-0.2, -0.15) is 0 Å². The monoisotopic (exact) mass is 238 g/mol. The molecule has 0 aromatic heterocycles. The maximum absolute atomic E-state index is 5.76. The highest BCUT2D eigenvalue weighted by molar-refractivity contribution is 6.52. The molecular formula is C5H6Cl4O2. The first-order valence-corrected chi connectivity index (χ1v) is 4.45. The summed E-state index contributed by atoms with van der Waals surface area (Å²) in [6.45, 7) is 1.68. The first-order valence-electron chi connectivity index (χ1n) is 2.88. The number of halogens is 4. The molecule has 1 heterocycles. The molecule has 1 aliphatic rings. The van der Waals surface area contributed by atoms with Crippen molar-refractivity contribution in [2.24, 2.45) is 0 Å². The summed E-state index contributed by atoms with van der Waals surface area (Å²) in [6, 6.07) is 0. The van der Waals surface area contributed by atoms with Gasteiger partial charge < -0.3 is 9.47 Å². The second kappa shape index (κ2) is 3.09. The molecule has 0 N–H and O–H groups in total. The fourth-order valence-electron chi connectivity index (χ4n) is 0.606. The third kappa shape index (κ3) is 2.06. The van der Waals surface area contributed by atoms with Gasteiger partial charge >= 0.3 is 0 Å². The van der Waals surface area contributed by atoms with E-state index in [4.69, 9.17) is 55.9 Å². The Labute approximate surface area is 84.6 Å². The zero-order chi connectivity index (χ0) is 8.70. The quantitative estimate of drug-likeness (QED) is 0.606. The van der Waals surface area contributed by atoms with E-state index < -0.39 is 15.1 Å². The van der Waals surface area contributed by atoms with Crippen LogP contribution in [0.1, 0.15) is 6.92 Å². The molecule has 1 fully saturated rings. The van der Waals surface area contributed by atoms with Crippen molar-refractivity contribution < 1.29 is 9.47 Å². The number of hydrogen-bond donors (Lipinski definition) is 0. The van der Waals surface area contributed by atoms with Gasteiger partial charge in [0.1, 0.15) is 0 Å². The molecule has 0 aromatic rings. The summed E-state index contributed by atoms with van der Waals surface area (Å²) < 4.78 is 8.37. The molecule has 0 saturated carbocycles. The number of hydrogen-bond acceptors (Lipinski definition) is 2. The van der Waals surface area contributed by atoms with Crippen LogP contribution in [0.25, 0.3) is 0 Å². The fourth-order valence-corrected chi connectivity index (χ4v) is 1.33. The predicted molar refractivity (Wildman–Crippen MR) is 45.4 cm³/mol. The number of ether oxygens (including phenoxy) is 2. The van der Waals surface area contributed by atoms with Gasteiger partial charge in [0.25, 0.3) is 4.52 Å². The molecule has 0 aliphatic carbocycles. The minimum atomic E-state index is -1.60. The van der Waals surface area contributed by atoms with E-state index in [1.54, 1.807) is 0 Å². The lowest BCUT2D eigenvalue weighted by atomic mass is 10.4. The van der Waals surface area contributed by atoms with Crippen molar-refractivity contribution in [3.8, 4) is 0 Å². The molecule has 2 unspecified atom stereocenters. The summed E-state index contributed by atoms with van der Waals surface area (Å²) in [5.74, 6) is 0. The van der Waals surface area contributed by atoms with E-state index >= 15 is 0 Å². The Balaban J connectivity index is 2.72. The van der Waals surface area contributed by atoms with Crippen molar-refractivity contribution in [1.82, 2.24) is 0 Å². The molecule has 66 valence electrons. The van der Waals surface area contributed by atoms with Crippen LogP contribution in [-0.4, -0.2) is 21.7 Å². The van der Waals surface area contributed by atoms with Gasteiger partial charge in [0, 0.05) is 0 Å². The third-order valence-electron chi connectivity index (χ3n) is 1.28. The van der Waals surface area contributed by atoms with Crippen LogP contribution in [0.3, 0.4) is 0 Å². The first kappa shape index (κ1) is 10.2. The molecule has 6 heteroatoms. The summed E-state index contributed by atoms with van der Waals surface area (Å²) in [5, 5.41) is -1.25. The summed E-state index contributed by atoms with van der Waals surface area (Å²) in [7, 11) is 0. The second-order valence-electron chi connectivity index (χ2n) is 2.27. The van der Waals surface area contributed by atoms with Crippen molar-refractivity contribution >= 4 is 46.4 Å². The van der Waals surface area contributed by atoms with Crippen molar-refractivity contribution in [3.05, 3.63) is 0 Å². The average molecular weight is 240 g/mol. The van der Waals surface area contributed by atoms with Gasteiger partial charge in [-0.15, -0.1) is 0 Å². The van der Waals surface area contributed by atoms with Crippen molar-refractivity contribution in [2.75, 3.05) is 6.61 Å². The van der Waals surface area contributed by atoms with E-state index in [9.17, 15) is 0 Å². The molecule has 1 saturated heterocycles. The molecule has 0 spiro atoms. The zero-order valence-electron chi connectivity index (χ0n) is 5.61. The Morgan fingerprint density at radius 2 is 1.91 bits per heavy atom. The third-order valence-corrected chi connectivity index (χ3v) is 2.96. The maximum Gasteiger partial charge on any atom is 0.262 e. The standard InChI is InChI=1S/C5H6Cl4O2/c1-4(7)5(8,9)11-3(6)2-10-4/h3H,2H2,1H3. The lowest BCUT2D eigenvalue weighted by Crippen LogP contribution is -2.50. The number of alkyl halides is 4. The van der Waals surface area contributed by atoms with Gasteiger partial charge in [0.2, 0.25) is 0 Å². The van der Waals surface area contributed by atoms with Crippen molar-refractivity contribution in [2.45, 2.75) is 22.1 Å². The Morgan fingerprint density at radius 1 is 1.36 bits per heavy atom. The predicted octanol–water partition coefficient (Wildman–Crippen LogP) is 2.68. The molecule has 11 heavy (non-hydrogen) atoms. The van der Waals surface area contributed by atoms with Crippen LogP contribution in [0.4, 0.5) is 0 Å². The Hall–Kier alpha value is 1.08. The Kier molecular flexibility index (Phi) is 2.86. The smallest absolute Gasteiger partial charge is 0.262 e. The van der Waals surface area contributed by atoms with Crippen LogP contribution in [0, 0.1) is 0 Å². The molecule has 2 nitrogen and oxygen atoms in total. The number of rotatable bonds is 0. The van der Waals surface area contributed by atoms with Crippen molar-refractivity contribution in [1.29, 1.82) is 0 Å². The largest absolute Gasteiger partial charge is 0.350 e. The lowest BCUT2D eigenvalue weighted by molar-refractivity contribution is -0.156. The minimum absolute atomic E-state index is 0.169. The van der Waals surface area contributed by atoms with Crippen LogP contribution in [0.2, 0.25) is 0 Å². The molecule has 2 atom stereocenters. The molecule has 0 bridgehead atoms. The molecule has 0 radical (unpaired) electrons. The minimum Gasteiger partial charge on any atom is -0.350 e. The topological polar surface area (TPSA) is 18.5 Å². The van der Waals surface area contributed by atoms with Crippen LogP contribution in [0.15, 0.2) is 0 Å². The summed E-state index contributed by atoms with van der Waals surface area (Å²) >= 11 is 22.6. The van der Waals surface area contributed by atoms with E-state index in [2.05, 4.69) is 0 Å². The van der Waals surface area contributed by atoms with E-state index in [0.29, 0.717) is 0 Å². The maximum atomic E-state index is 5.76. The summed E-state index contributed by atoms with van der Waals surface area (Å²) in [6.07, 6.45) is 0. The van der Waals surface area contributed by atoms with Crippen LogP contribution < -0.4 is 0 Å². The molecule has 1 rings (SSSR count). The van der Waals surface area contributed by atoms with E-state index in [1.165, 1.54) is 6.92 Å². The van der Waals surface area contributed by atoms with E-state index in [-0.39, 0.29) is 6.61 Å². The highest BCUT2D eigenvalue weighted by Gasteiger charge is 2.52. The SMILES string of the molecule is CC1(Cl)OCC(Cl)OC1(Cl)Cl. The van der Waals surface area contributed by atoms with Crippen LogP contribution >= 0.6 is 46.4 Å². The van der Waals surface area contributed by atoms with Gasteiger partial charge in [0.15, 0.2) is 10.6 Å². The molecule has 0 aromatic carbocycles. The lowest BCUT2D eigenvalue weighted by Gasteiger charge is -2.40. The van der Waals surface area contributed by atoms with Gasteiger partial charge in [-0.1, -0.05) is 46.4 Å². The fraction of sp³-hybridized carbons (Fsp3) is 1.00. The van der Waals surface area contributed by atoms with Crippen LogP contribution in [-0.2, 0) is 9.47 Å². The Bertz CT molecular complexity index is 159. The Morgan fingerprint density at radius 3 is 2.27 bits per heavy atom. The first-order chi connectivity index (χ1) is 4.85. The highest BCUT2D eigenvalue weighted by atomic mass is 35.5. The van der Waals surface area contributed by atoms with E-state index in [1.807, 2.05) is 0 Å². The van der Waals surface area contributed by atoms with Gasteiger partial charge in [0.05, 0.1) is 6.61 Å². The summed E-state index contributed by atoms with van der Waals surface area (Å²) in [5.41, 5.74) is -0.656. The van der Waals surface area contributed by atoms with Crippen molar-refractivity contribution in [3.63, 3.8) is 0 Å². The summed E-state index contributed by atoms with van der Waals surface area (Å²) in [4.78, 5) is 0. The van der Waals surface area contributed by atoms with Gasteiger partial charge in [-0.3, -0.25) is 0 Å². The van der Waals surface area contributed by atoms with Gasteiger partial charge in [-0.05, 0) is 6.92 Å². The second-order valence-corrected chi connectivity index (χ2v) is 4.74. The zero-order valence-corrected chi connectivity index (χ0v) is 8.64. The van der Waals surface area contributed by atoms with Crippen LogP contribution in [0.5, 0.6) is 0 Å². The normalized spacial score (nSPS) is 43.9. The average Bonchev–Trinajstić information content (AvgIpc) is 1.80. The highest BCUT2D eigenvalue weighted by Crippen LogP contribution is 2.45. The molecular weight excluding hydrogens is 234 g/mol. The molecule has 1 aliphatic heterocycles. The molecule has 0 amide bonds. The van der Waals surface area contributed by atoms with E-state index in [0.717, 1.165) is 0 Å².